The highest BCUT2D eigenvalue weighted by atomic mass is 19.1. The molecule has 1 saturated heterocycles. The molecule has 1 fully saturated rings. The summed E-state index contributed by atoms with van der Waals surface area (Å²) in [5, 5.41) is 17.0. The average Bonchev–Trinajstić information content (AvgIpc) is 2.26. The maximum Gasteiger partial charge on any atom is 0.327 e. The molecule has 1 aromatic rings. The predicted molar refractivity (Wildman–Crippen MR) is 67.1 cm³/mol. The van der Waals surface area contributed by atoms with Crippen molar-refractivity contribution in [2.45, 2.75) is 31.8 Å². The molecule has 0 saturated carbocycles. The first-order valence-corrected chi connectivity index (χ1v) is 6.10. The van der Waals surface area contributed by atoms with Crippen LogP contribution < -0.4 is 10.6 Å². The van der Waals surface area contributed by atoms with Crippen molar-refractivity contribution in [1.82, 2.24) is 5.32 Å². The maximum atomic E-state index is 13.5. The van der Waals surface area contributed by atoms with Crippen LogP contribution in [-0.2, 0) is 0 Å². The zero-order chi connectivity index (χ0) is 14.0. The van der Waals surface area contributed by atoms with Crippen LogP contribution in [-0.4, -0.2) is 23.6 Å². The lowest BCUT2D eigenvalue weighted by atomic mass is 10.00. The topological polar surface area (TPSA) is 67.2 Å². The van der Waals surface area contributed by atoms with Crippen LogP contribution in [0, 0.1) is 21.7 Å². The lowest BCUT2D eigenvalue weighted by molar-refractivity contribution is -0.386. The van der Waals surface area contributed by atoms with Gasteiger partial charge in [-0.05, 0) is 26.3 Å². The first-order valence-electron chi connectivity index (χ1n) is 6.10. The van der Waals surface area contributed by atoms with Crippen LogP contribution in [0.5, 0.6) is 0 Å². The molecule has 1 aromatic carbocycles. The molecule has 0 aliphatic carbocycles. The van der Waals surface area contributed by atoms with Crippen molar-refractivity contribution in [3.8, 4) is 0 Å². The number of benzene rings is 1. The highest BCUT2D eigenvalue weighted by molar-refractivity contribution is 5.62. The number of hydrogen-bond donors (Lipinski definition) is 2. The molecule has 0 radical (unpaired) electrons. The summed E-state index contributed by atoms with van der Waals surface area (Å²) in [5.41, 5.74) is -0.797. The van der Waals surface area contributed by atoms with Crippen LogP contribution in [0.4, 0.5) is 20.2 Å². The van der Waals surface area contributed by atoms with E-state index in [1.54, 1.807) is 0 Å². The fourth-order valence-corrected chi connectivity index (χ4v) is 2.34. The third-order valence-corrected chi connectivity index (χ3v) is 3.19. The molecule has 0 bridgehead atoms. The van der Waals surface area contributed by atoms with Crippen molar-refractivity contribution in [3.05, 3.63) is 33.9 Å². The molecule has 0 spiro atoms. The zero-order valence-electron chi connectivity index (χ0n) is 10.5. The summed E-state index contributed by atoms with van der Waals surface area (Å²) in [5.74, 6) is -1.98. The van der Waals surface area contributed by atoms with E-state index in [9.17, 15) is 18.9 Å². The molecular formula is C12H15F2N3O2. The lowest BCUT2D eigenvalue weighted by Crippen LogP contribution is -2.41. The summed E-state index contributed by atoms with van der Waals surface area (Å²) in [4.78, 5) is 10.0. The van der Waals surface area contributed by atoms with Gasteiger partial charge in [-0.15, -0.1) is 0 Å². The molecule has 2 unspecified atom stereocenters. The van der Waals surface area contributed by atoms with Crippen molar-refractivity contribution < 1.29 is 13.7 Å². The van der Waals surface area contributed by atoms with Crippen molar-refractivity contribution in [1.29, 1.82) is 0 Å². The Morgan fingerprint density at radius 2 is 2.21 bits per heavy atom. The standard InChI is InChI=1S/C12H15F2N3O2/c1-7-4-9(2-3-15-7)16-11-6-8(13)5-10(14)12(11)17(18)19/h5-7,9,15-16H,2-4H2,1H3. The van der Waals surface area contributed by atoms with Gasteiger partial charge >= 0.3 is 5.69 Å². The minimum absolute atomic E-state index is 0.0313. The molecule has 0 aromatic heterocycles. The summed E-state index contributed by atoms with van der Waals surface area (Å²) >= 11 is 0. The number of nitro groups is 1. The minimum Gasteiger partial charge on any atom is -0.376 e. The Bertz CT molecular complexity index is 496. The largest absolute Gasteiger partial charge is 0.376 e. The molecule has 2 N–H and O–H groups in total. The van der Waals surface area contributed by atoms with Crippen LogP contribution in [0.25, 0.3) is 0 Å². The highest BCUT2D eigenvalue weighted by Crippen LogP contribution is 2.30. The summed E-state index contributed by atoms with van der Waals surface area (Å²) in [6, 6.07) is 1.72. The Morgan fingerprint density at radius 1 is 1.47 bits per heavy atom. The second-order valence-electron chi connectivity index (χ2n) is 4.76. The molecule has 1 aliphatic rings. The first kappa shape index (κ1) is 13.7. The van der Waals surface area contributed by atoms with Gasteiger partial charge in [0.05, 0.1) is 4.92 Å². The van der Waals surface area contributed by atoms with Gasteiger partial charge in [0.2, 0.25) is 5.82 Å². The Balaban J connectivity index is 2.25. The van der Waals surface area contributed by atoms with Gasteiger partial charge in [0, 0.05) is 24.2 Å². The summed E-state index contributed by atoms with van der Waals surface area (Å²) < 4.78 is 26.6. The van der Waals surface area contributed by atoms with Crippen molar-refractivity contribution in [2.24, 2.45) is 0 Å². The van der Waals surface area contributed by atoms with Gasteiger partial charge in [-0.3, -0.25) is 10.1 Å². The normalized spacial score (nSPS) is 23.1. The maximum absolute atomic E-state index is 13.5. The highest BCUT2D eigenvalue weighted by Gasteiger charge is 2.25. The van der Waals surface area contributed by atoms with E-state index in [1.165, 1.54) is 0 Å². The number of nitrogens with zero attached hydrogens (tertiary/aromatic N) is 1. The minimum atomic E-state index is -1.16. The SMILES string of the molecule is CC1CC(Nc2cc(F)cc(F)c2[N+](=O)[O-])CCN1. The Kier molecular flexibility index (Phi) is 3.94. The van der Waals surface area contributed by atoms with E-state index in [0.29, 0.717) is 6.07 Å². The number of anilines is 1. The van der Waals surface area contributed by atoms with E-state index in [0.717, 1.165) is 25.5 Å². The Hall–Kier alpha value is -1.76. The molecule has 5 nitrogen and oxygen atoms in total. The van der Waals surface area contributed by atoms with Crippen LogP contribution in [0.3, 0.4) is 0 Å². The average molecular weight is 271 g/mol. The summed E-state index contributed by atoms with van der Waals surface area (Å²) in [6.45, 7) is 2.76. The quantitative estimate of drug-likeness (QED) is 0.654. The van der Waals surface area contributed by atoms with E-state index < -0.39 is 22.2 Å². The Labute approximate surface area is 109 Å². The van der Waals surface area contributed by atoms with Gasteiger partial charge in [-0.25, -0.2) is 4.39 Å². The van der Waals surface area contributed by atoms with E-state index in [4.69, 9.17) is 0 Å². The molecule has 19 heavy (non-hydrogen) atoms. The second-order valence-corrected chi connectivity index (χ2v) is 4.76. The molecule has 0 amide bonds. The summed E-state index contributed by atoms with van der Waals surface area (Å²) in [7, 11) is 0. The van der Waals surface area contributed by atoms with Gasteiger partial charge in [0.15, 0.2) is 0 Å². The predicted octanol–water partition coefficient (Wildman–Crippen LogP) is 2.43. The molecule has 1 heterocycles. The van der Waals surface area contributed by atoms with Gasteiger partial charge < -0.3 is 10.6 Å². The van der Waals surface area contributed by atoms with E-state index in [-0.39, 0.29) is 17.8 Å². The van der Waals surface area contributed by atoms with Crippen LogP contribution in [0.1, 0.15) is 19.8 Å². The van der Waals surface area contributed by atoms with E-state index >= 15 is 0 Å². The van der Waals surface area contributed by atoms with Crippen molar-refractivity contribution in [2.75, 3.05) is 11.9 Å². The van der Waals surface area contributed by atoms with Gasteiger partial charge in [0.25, 0.3) is 0 Å². The second kappa shape index (κ2) is 5.48. The van der Waals surface area contributed by atoms with E-state index in [2.05, 4.69) is 10.6 Å². The van der Waals surface area contributed by atoms with Crippen LogP contribution in [0.2, 0.25) is 0 Å². The third kappa shape index (κ3) is 3.17. The van der Waals surface area contributed by atoms with Crippen molar-refractivity contribution >= 4 is 11.4 Å². The molecule has 7 heteroatoms. The molecule has 2 atom stereocenters. The lowest BCUT2D eigenvalue weighted by Gasteiger charge is -2.29. The smallest absolute Gasteiger partial charge is 0.327 e. The van der Waals surface area contributed by atoms with Gasteiger partial charge in [-0.1, -0.05) is 0 Å². The number of nitrogens with one attached hydrogen (secondary N) is 2. The fourth-order valence-electron chi connectivity index (χ4n) is 2.34. The van der Waals surface area contributed by atoms with Crippen molar-refractivity contribution in [3.63, 3.8) is 0 Å². The van der Waals surface area contributed by atoms with E-state index in [1.807, 2.05) is 6.92 Å². The third-order valence-electron chi connectivity index (χ3n) is 3.19. The number of rotatable bonds is 3. The molecular weight excluding hydrogens is 256 g/mol. The number of nitro benzene ring substituents is 1. The monoisotopic (exact) mass is 271 g/mol. The fraction of sp³-hybridized carbons (Fsp3) is 0.500. The van der Waals surface area contributed by atoms with Gasteiger partial charge in [-0.2, -0.15) is 4.39 Å². The molecule has 104 valence electrons. The Morgan fingerprint density at radius 3 is 2.84 bits per heavy atom. The first-order chi connectivity index (χ1) is 8.97. The van der Waals surface area contributed by atoms with Crippen LogP contribution >= 0.6 is 0 Å². The van der Waals surface area contributed by atoms with Gasteiger partial charge in [0.1, 0.15) is 11.5 Å². The zero-order valence-corrected chi connectivity index (χ0v) is 10.5. The van der Waals surface area contributed by atoms with Crippen LogP contribution in [0.15, 0.2) is 12.1 Å². The summed E-state index contributed by atoms with van der Waals surface area (Å²) in [6.07, 6.45) is 1.49. The molecule has 2 rings (SSSR count). The number of halogens is 2. The number of hydrogen-bond acceptors (Lipinski definition) is 4. The molecule has 1 aliphatic heterocycles. The number of piperidine rings is 1.